The quantitative estimate of drug-likeness (QED) is 0.722. The largest absolute Gasteiger partial charge is 0.416 e. The highest BCUT2D eigenvalue weighted by molar-refractivity contribution is 7.80. The van der Waals surface area contributed by atoms with Crippen molar-refractivity contribution in [2.24, 2.45) is 0 Å². The number of anilines is 1. The van der Waals surface area contributed by atoms with Crippen molar-refractivity contribution in [2.75, 3.05) is 5.32 Å². The molecule has 0 bridgehead atoms. The second kappa shape index (κ2) is 7.23. The van der Waals surface area contributed by atoms with Gasteiger partial charge in [-0.25, -0.2) is 4.98 Å². The van der Waals surface area contributed by atoms with Gasteiger partial charge in [-0.1, -0.05) is 31.0 Å². The summed E-state index contributed by atoms with van der Waals surface area (Å²) in [6.07, 6.45) is 0.646. The molecule has 0 spiro atoms. The number of benzene rings is 1. The minimum atomic E-state index is -4.36. The molecule has 1 aromatic heterocycles. The molecule has 2 N–H and O–H groups in total. The molecular formula is C19H20F3N3S. The van der Waals surface area contributed by atoms with Crippen LogP contribution in [0.1, 0.15) is 42.4 Å². The first-order valence-electron chi connectivity index (χ1n) is 8.49. The summed E-state index contributed by atoms with van der Waals surface area (Å²) in [6, 6.07) is 9.27. The Morgan fingerprint density at radius 3 is 2.54 bits per heavy atom. The lowest BCUT2D eigenvalue weighted by Gasteiger charge is -2.33. The second-order valence-electron chi connectivity index (χ2n) is 6.62. The highest BCUT2D eigenvalue weighted by Crippen LogP contribution is 2.40. The summed E-state index contributed by atoms with van der Waals surface area (Å²) >= 11 is 5.43. The summed E-state index contributed by atoms with van der Waals surface area (Å²) in [7, 11) is 0. The Labute approximate surface area is 156 Å². The Bertz CT molecular complexity index is 799. The van der Waals surface area contributed by atoms with Crippen LogP contribution in [-0.2, 0) is 11.7 Å². The van der Waals surface area contributed by atoms with Gasteiger partial charge >= 0.3 is 6.18 Å². The summed E-state index contributed by atoms with van der Waals surface area (Å²) in [5.74, 6) is 0.641. The molecule has 2 aromatic rings. The molecule has 0 radical (unpaired) electrons. The van der Waals surface area contributed by atoms with Gasteiger partial charge < -0.3 is 10.6 Å². The van der Waals surface area contributed by atoms with Gasteiger partial charge in [0.05, 0.1) is 11.1 Å². The lowest BCUT2D eigenvalue weighted by Crippen LogP contribution is -2.46. The number of nitrogens with one attached hydrogen (secondary N) is 2. The van der Waals surface area contributed by atoms with Gasteiger partial charge in [-0.3, -0.25) is 0 Å². The number of halogens is 3. The van der Waals surface area contributed by atoms with Gasteiger partial charge in [0.2, 0.25) is 0 Å². The van der Waals surface area contributed by atoms with Crippen molar-refractivity contribution < 1.29 is 13.2 Å². The van der Waals surface area contributed by atoms with E-state index in [0.717, 1.165) is 37.3 Å². The molecule has 138 valence electrons. The number of thiocarbonyl (C=S) groups is 1. The fourth-order valence-electron chi connectivity index (χ4n) is 3.43. The number of alkyl halides is 3. The SMILES string of the molecule is Cc1cccnc1NC(=S)NC1(c2cccc(C(F)(F)F)c2)CCCC1. The van der Waals surface area contributed by atoms with Crippen LogP contribution >= 0.6 is 12.2 Å². The van der Waals surface area contributed by atoms with Crippen molar-refractivity contribution in [1.82, 2.24) is 10.3 Å². The minimum absolute atomic E-state index is 0.367. The molecule has 7 heteroatoms. The lowest BCUT2D eigenvalue weighted by atomic mass is 9.87. The van der Waals surface area contributed by atoms with E-state index >= 15 is 0 Å². The van der Waals surface area contributed by atoms with Crippen molar-refractivity contribution >= 4 is 23.1 Å². The zero-order valence-electron chi connectivity index (χ0n) is 14.4. The van der Waals surface area contributed by atoms with E-state index in [-0.39, 0.29) is 0 Å². The maximum absolute atomic E-state index is 13.1. The fourth-order valence-corrected chi connectivity index (χ4v) is 3.72. The Kier molecular flexibility index (Phi) is 5.18. The van der Waals surface area contributed by atoms with Crippen LogP contribution in [0, 0.1) is 6.92 Å². The Morgan fingerprint density at radius 2 is 1.88 bits per heavy atom. The fraction of sp³-hybridized carbons (Fsp3) is 0.368. The van der Waals surface area contributed by atoms with Crippen LogP contribution in [-0.4, -0.2) is 10.1 Å². The maximum Gasteiger partial charge on any atom is 0.416 e. The molecule has 1 fully saturated rings. The lowest BCUT2D eigenvalue weighted by molar-refractivity contribution is -0.137. The van der Waals surface area contributed by atoms with E-state index in [1.54, 1.807) is 12.3 Å². The van der Waals surface area contributed by atoms with E-state index in [1.807, 2.05) is 19.1 Å². The average molecular weight is 379 g/mol. The molecule has 1 heterocycles. The number of aromatic nitrogens is 1. The first-order chi connectivity index (χ1) is 12.3. The Hall–Kier alpha value is -2.15. The highest BCUT2D eigenvalue weighted by atomic mass is 32.1. The first kappa shape index (κ1) is 18.6. The molecule has 1 aliphatic carbocycles. The van der Waals surface area contributed by atoms with Gasteiger partial charge in [0.25, 0.3) is 0 Å². The molecule has 26 heavy (non-hydrogen) atoms. The molecule has 3 nitrogen and oxygen atoms in total. The van der Waals surface area contributed by atoms with Crippen molar-refractivity contribution in [3.8, 4) is 0 Å². The number of pyridine rings is 1. The maximum atomic E-state index is 13.1. The third-order valence-corrected chi connectivity index (χ3v) is 5.00. The molecule has 1 aromatic carbocycles. The zero-order valence-corrected chi connectivity index (χ0v) is 15.2. The van der Waals surface area contributed by atoms with E-state index in [2.05, 4.69) is 15.6 Å². The molecular weight excluding hydrogens is 359 g/mol. The van der Waals surface area contributed by atoms with Crippen LogP contribution in [0.15, 0.2) is 42.6 Å². The predicted molar refractivity (Wildman–Crippen MR) is 99.9 cm³/mol. The summed E-state index contributed by atoms with van der Waals surface area (Å²) < 4.78 is 39.3. The number of hydrogen-bond donors (Lipinski definition) is 2. The van der Waals surface area contributed by atoms with E-state index < -0.39 is 17.3 Å². The Morgan fingerprint density at radius 1 is 1.15 bits per heavy atom. The van der Waals surface area contributed by atoms with Crippen molar-refractivity contribution in [3.63, 3.8) is 0 Å². The van der Waals surface area contributed by atoms with Crippen LogP contribution in [0.4, 0.5) is 19.0 Å². The van der Waals surface area contributed by atoms with Gasteiger partial charge in [-0.2, -0.15) is 13.2 Å². The standard InChI is InChI=1S/C19H20F3N3S/c1-13-6-5-11-23-16(13)24-17(26)25-18(9-2-3-10-18)14-7-4-8-15(12-14)19(20,21)22/h4-8,11-12H,2-3,9-10H2,1H3,(H2,23,24,25,26). The molecule has 0 amide bonds. The second-order valence-corrected chi connectivity index (χ2v) is 7.02. The van der Waals surface area contributed by atoms with Crippen molar-refractivity contribution in [3.05, 3.63) is 59.3 Å². The van der Waals surface area contributed by atoms with Crippen LogP contribution in [0.3, 0.4) is 0 Å². The molecule has 0 saturated heterocycles. The van der Waals surface area contributed by atoms with Gasteiger partial charge in [-0.15, -0.1) is 0 Å². The highest BCUT2D eigenvalue weighted by Gasteiger charge is 2.38. The van der Waals surface area contributed by atoms with Gasteiger partial charge in [-0.05, 0) is 61.3 Å². The normalized spacial score (nSPS) is 16.3. The predicted octanol–water partition coefficient (Wildman–Crippen LogP) is 5.16. The molecule has 0 unspecified atom stereocenters. The van der Waals surface area contributed by atoms with E-state index in [1.165, 1.54) is 12.1 Å². The Balaban J connectivity index is 1.85. The molecule has 1 aliphatic rings. The van der Waals surface area contributed by atoms with Crippen LogP contribution in [0.25, 0.3) is 0 Å². The summed E-state index contributed by atoms with van der Waals surface area (Å²) in [5, 5.41) is 6.71. The zero-order chi connectivity index (χ0) is 18.8. The monoisotopic (exact) mass is 379 g/mol. The molecule has 0 atom stereocenters. The van der Waals surface area contributed by atoms with Crippen LogP contribution in [0.5, 0.6) is 0 Å². The van der Waals surface area contributed by atoms with E-state index in [9.17, 15) is 13.2 Å². The smallest absolute Gasteiger partial charge is 0.353 e. The number of aryl methyl sites for hydroxylation is 1. The third-order valence-electron chi connectivity index (χ3n) is 4.79. The van der Waals surface area contributed by atoms with Gasteiger partial charge in [0.1, 0.15) is 5.82 Å². The summed E-state index contributed by atoms with van der Waals surface area (Å²) in [6.45, 7) is 1.91. The minimum Gasteiger partial charge on any atom is -0.353 e. The number of hydrogen-bond acceptors (Lipinski definition) is 2. The van der Waals surface area contributed by atoms with Crippen LogP contribution in [0.2, 0.25) is 0 Å². The van der Waals surface area contributed by atoms with Crippen molar-refractivity contribution in [1.29, 1.82) is 0 Å². The van der Waals surface area contributed by atoms with Crippen molar-refractivity contribution in [2.45, 2.75) is 44.3 Å². The molecule has 1 saturated carbocycles. The van der Waals surface area contributed by atoms with Gasteiger partial charge in [0, 0.05) is 6.20 Å². The van der Waals surface area contributed by atoms with E-state index in [4.69, 9.17) is 12.2 Å². The topological polar surface area (TPSA) is 37.0 Å². The van der Waals surface area contributed by atoms with Crippen LogP contribution < -0.4 is 10.6 Å². The van der Waals surface area contributed by atoms with Gasteiger partial charge in [0.15, 0.2) is 5.11 Å². The third kappa shape index (κ3) is 3.98. The number of nitrogens with zero attached hydrogens (tertiary/aromatic N) is 1. The molecule has 0 aliphatic heterocycles. The summed E-state index contributed by atoms with van der Waals surface area (Å²) in [5.41, 5.74) is 0.332. The first-order valence-corrected chi connectivity index (χ1v) is 8.89. The molecule has 3 rings (SSSR count). The average Bonchev–Trinajstić information content (AvgIpc) is 3.06. The summed E-state index contributed by atoms with van der Waals surface area (Å²) in [4.78, 5) is 4.25. The van der Waals surface area contributed by atoms with E-state index in [0.29, 0.717) is 16.5 Å². The number of rotatable bonds is 3.